The molecular weight excluding hydrogens is 454 g/mol. The van der Waals surface area contributed by atoms with E-state index in [2.05, 4.69) is 16.4 Å². The lowest BCUT2D eigenvalue weighted by atomic mass is 9.94. The molecule has 8 heteroatoms. The molecule has 1 aliphatic heterocycles. The van der Waals surface area contributed by atoms with Crippen LogP contribution in [0, 0.1) is 3.95 Å². The first-order valence-electron chi connectivity index (χ1n) is 10.7. The van der Waals surface area contributed by atoms with Crippen molar-refractivity contribution in [1.29, 1.82) is 0 Å². The molecule has 1 unspecified atom stereocenters. The Balaban J connectivity index is 1.29. The highest BCUT2D eigenvalue weighted by atomic mass is 32.1. The third-order valence-corrected chi connectivity index (χ3v) is 7.04. The lowest BCUT2D eigenvalue weighted by Gasteiger charge is -2.37. The van der Waals surface area contributed by atoms with E-state index >= 15 is 0 Å². The number of ether oxygens (including phenoxy) is 1. The highest BCUT2D eigenvalue weighted by Crippen LogP contribution is 2.35. The first kappa shape index (κ1) is 21.5. The number of carbonyl (C=O) groups is 1. The summed E-state index contributed by atoms with van der Waals surface area (Å²) in [5.74, 6) is -0.0300. The van der Waals surface area contributed by atoms with Crippen molar-refractivity contribution in [2.45, 2.75) is 25.4 Å². The quantitative estimate of drug-likeness (QED) is 0.230. The van der Waals surface area contributed by atoms with Crippen molar-refractivity contribution in [2.75, 3.05) is 16.9 Å². The Labute approximate surface area is 200 Å². The van der Waals surface area contributed by atoms with E-state index in [4.69, 9.17) is 17.0 Å². The summed E-state index contributed by atoms with van der Waals surface area (Å²) in [4.78, 5) is 17.1. The second-order valence-electron chi connectivity index (χ2n) is 7.99. The molecule has 1 aliphatic rings. The van der Waals surface area contributed by atoms with Gasteiger partial charge in [-0.3, -0.25) is 0 Å². The number of nitrogens with one attached hydrogen (secondary N) is 2. The molecule has 3 N–H and O–H groups in total. The second-order valence-corrected chi connectivity index (χ2v) is 9.71. The number of H-pyrrole nitrogens is 1. The normalized spacial score (nSPS) is 15.3. The van der Waals surface area contributed by atoms with Crippen LogP contribution in [0.1, 0.15) is 17.5 Å². The standard InChI is InChI=1S/C25H23N3O3S2/c29-24(30)22-10-6-17-12-19(8-11-21(17)28(22)14-16-4-2-1-3-5-16)31-15-26-18-7-9-20-23(13-18)33-25(32)27-20/h1-5,7-9,11-13,22,26H,6,10,14-15H2,(H,27,32)(H,29,30). The molecule has 0 spiro atoms. The summed E-state index contributed by atoms with van der Waals surface area (Å²) in [6.07, 6.45) is 1.27. The Morgan fingerprint density at radius 3 is 2.85 bits per heavy atom. The predicted molar refractivity (Wildman–Crippen MR) is 135 cm³/mol. The molecule has 0 saturated heterocycles. The minimum absolute atomic E-state index is 0.325. The number of aryl methyl sites for hydroxylation is 1. The van der Waals surface area contributed by atoms with E-state index in [-0.39, 0.29) is 0 Å². The van der Waals surface area contributed by atoms with Gasteiger partial charge < -0.3 is 25.0 Å². The summed E-state index contributed by atoms with van der Waals surface area (Å²) in [5, 5.41) is 13.1. The number of nitrogens with zero attached hydrogens (tertiary/aromatic N) is 1. The number of aliphatic carboxylic acids is 1. The van der Waals surface area contributed by atoms with E-state index in [0.29, 0.717) is 26.1 Å². The Kier molecular flexibility index (Phi) is 6.02. The fraction of sp³-hybridized carbons (Fsp3) is 0.200. The van der Waals surface area contributed by atoms with Gasteiger partial charge in [0.2, 0.25) is 0 Å². The van der Waals surface area contributed by atoms with Crippen LogP contribution in [-0.4, -0.2) is 28.8 Å². The Morgan fingerprint density at radius 2 is 2.03 bits per heavy atom. The number of aromatic amines is 1. The van der Waals surface area contributed by atoms with Crippen LogP contribution in [0.5, 0.6) is 5.75 Å². The molecule has 0 aliphatic carbocycles. The van der Waals surface area contributed by atoms with Gasteiger partial charge in [-0.05, 0) is 72.6 Å². The molecule has 168 valence electrons. The number of carboxylic acids is 1. The van der Waals surface area contributed by atoms with Crippen LogP contribution in [0.3, 0.4) is 0 Å². The van der Waals surface area contributed by atoms with Gasteiger partial charge in [0.1, 0.15) is 11.8 Å². The fourth-order valence-electron chi connectivity index (χ4n) is 4.24. The molecule has 1 aromatic heterocycles. The zero-order chi connectivity index (χ0) is 22.8. The maximum absolute atomic E-state index is 11.9. The van der Waals surface area contributed by atoms with Gasteiger partial charge in [-0.15, -0.1) is 11.3 Å². The van der Waals surface area contributed by atoms with Gasteiger partial charge in [0, 0.05) is 17.9 Å². The van der Waals surface area contributed by atoms with Gasteiger partial charge in [0.05, 0.1) is 10.2 Å². The van der Waals surface area contributed by atoms with E-state index in [9.17, 15) is 9.90 Å². The van der Waals surface area contributed by atoms with Crippen LogP contribution in [0.15, 0.2) is 66.7 Å². The number of aromatic nitrogens is 1. The predicted octanol–water partition coefficient (Wildman–Crippen LogP) is 5.81. The molecule has 0 bridgehead atoms. The van der Waals surface area contributed by atoms with E-state index < -0.39 is 12.0 Å². The molecule has 33 heavy (non-hydrogen) atoms. The number of thiazole rings is 1. The maximum atomic E-state index is 11.9. The Morgan fingerprint density at radius 1 is 1.18 bits per heavy atom. The summed E-state index contributed by atoms with van der Waals surface area (Å²) in [6, 6.07) is 21.4. The van der Waals surface area contributed by atoms with Crippen LogP contribution >= 0.6 is 23.6 Å². The molecule has 0 amide bonds. The van der Waals surface area contributed by atoms with Crippen molar-refractivity contribution in [1.82, 2.24) is 4.98 Å². The molecule has 0 radical (unpaired) electrons. The first-order valence-corrected chi connectivity index (χ1v) is 12.0. The van der Waals surface area contributed by atoms with Crippen molar-refractivity contribution in [2.24, 2.45) is 0 Å². The molecule has 2 heterocycles. The van der Waals surface area contributed by atoms with Crippen molar-refractivity contribution in [3.05, 3.63) is 81.8 Å². The molecule has 0 fully saturated rings. The summed E-state index contributed by atoms with van der Waals surface area (Å²) in [5.41, 5.74) is 5.14. The van der Waals surface area contributed by atoms with Crippen LogP contribution in [-0.2, 0) is 17.8 Å². The van der Waals surface area contributed by atoms with Gasteiger partial charge in [-0.2, -0.15) is 0 Å². The van der Waals surface area contributed by atoms with Crippen LogP contribution in [0.25, 0.3) is 10.2 Å². The minimum Gasteiger partial charge on any atom is -0.480 e. The van der Waals surface area contributed by atoms with Crippen molar-refractivity contribution in [3.63, 3.8) is 0 Å². The monoisotopic (exact) mass is 477 g/mol. The maximum Gasteiger partial charge on any atom is 0.326 e. The van der Waals surface area contributed by atoms with Crippen molar-refractivity contribution >= 4 is 51.1 Å². The van der Waals surface area contributed by atoms with Gasteiger partial charge in [-0.25, -0.2) is 4.79 Å². The third kappa shape index (κ3) is 4.72. The lowest BCUT2D eigenvalue weighted by molar-refractivity contribution is -0.138. The third-order valence-electron chi connectivity index (χ3n) is 5.84. The number of carboxylic acid groups (broad SMARTS) is 1. The number of fused-ring (bicyclic) bond motifs is 2. The van der Waals surface area contributed by atoms with Crippen molar-refractivity contribution in [3.8, 4) is 5.75 Å². The van der Waals surface area contributed by atoms with Crippen molar-refractivity contribution < 1.29 is 14.6 Å². The minimum atomic E-state index is -0.787. The van der Waals surface area contributed by atoms with Gasteiger partial charge in [0.15, 0.2) is 10.7 Å². The van der Waals surface area contributed by atoms with Crippen LogP contribution < -0.4 is 15.0 Å². The van der Waals surface area contributed by atoms with E-state index in [0.717, 1.165) is 42.4 Å². The van der Waals surface area contributed by atoms with E-state index in [1.807, 2.05) is 65.6 Å². The first-order chi connectivity index (χ1) is 16.1. The Hall–Kier alpha value is -3.36. The van der Waals surface area contributed by atoms with Gasteiger partial charge in [-0.1, -0.05) is 30.3 Å². The fourth-order valence-corrected chi connectivity index (χ4v) is 5.39. The molecule has 0 saturated carbocycles. The highest BCUT2D eigenvalue weighted by molar-refractivity contribution is 7.73. The second kappa shape index (κ2) is 9.25. The molecule has 4 aromatic rings. The molecule has 3 aromatic carbocycles. The van der Waals surface area contributed by atoms with Crippen LogP contribution in [0.2, 0.25) is 0 Å². The number of rotatable bonds is 7. The smallest absolute Gasteiger partial charge is 0.326 e. The summed E-state index contributed by atoms with van der Waals surface area (Å²) in [7, 11) is 0. The highest BCUT2D eigenvalue weighted by Gasteiger charge is 2.31. The number of hydrogen-bond acceptors (Lipinski definition) is 6. The van der Waals surface area contributed by atoms with E-state index in [1.54, 1.807) is 11.3 Å². The number of anilines is 2. The number of benzene rings is 3. The molecule has 1 atom stereocenters. The zero-order valence-corrected chi connectivity index (χ0v) is 19.4. The average Bonchev–Trinajstić information content (AvgIpc) is 3.19. The molecule has 5 rings (SSSR count). The lowest BCUT2D eigenvalue weighted by Crippen LogP contribution is -2.44. The SMILES string of the molecule is O=C(O)C1CCc2cc(OCNc3ccc4[nH]c(=S)sc4c3)ccc2N1Cc1ccccc1. The average molecular weight is 478 g/mol. The summed E-state index contributed by atoms with van der Waals surface area (Å²) >= 11 is 6.75. The summed E-state index contributed by atoms with van der Waals surface area (Å²) in [6.45, 7) is 0.882. The zero-order valence-electron chi connectivity index (χ0n) is 17.8. The Bertz CT molecular complexity index is 1350. The summed E-state index contributed by atoms with van der Waals surface area (Å²) < 4.78 is 7.82. The van der Waals surface area contributed by atoms with Gasteiger partial charge >= 0.3 is 5.97 Å². The van der Waals surface area contributed by atoms with Crippen LogP contribution in [0.4, 0.5) is 11.4 Å². The van der Waals surface area contributed by atoms with Gasteiger partial charge in [0.25, 0.3) is 0 Å². The topological polar surface area (TPSA) is 77.6 Å². The largest absolute Gasteiger partial charge is 0.480 e. The molecular formula is C25H23N3O3S2. The van der Waals surface area contributed by atoms with E-state index in [1.165, 1.54) is 0 Å². The molecule has 6 nitrogen and oxygen atoms in total. The number of hydrogen-bond donors (Lipinski definition) is 3.